The first-order valence-corrected chi connectivity index (χ1v) is 7.67. The number of nitrogens with zero attached hydrogens (tertiary/aromatic N) is 1. The van der Waals surface area contributed by atoms with Gasteiger partial charge in [0, 0.05) is 30.0 Å². The number of primary amides is 1. The van der Waals surface area contributed by atoms with Crippen molar-refractivity contribution >= 4 is 22.8 Å². The van der Waals surface area contributed by atoms with Crippen molar-refractivity contribution in [3.63, 3.8) is 0 Å². The van der Waals surface area contributed by atoms with Crippen molar-refractivity contribution in [2.24, 2.45) is 11.7 Å². The third kappa shape index (κ3) is 2.76. The molecule has 2 heterocycles. The monoisotopic (exact) mass is 316 g/mol. The average Bonchev–Trinajstić information content (AvgIpc) is 2.90. The average molecular weight is 316 g/mol. The van der Waals surface area contributed by atoms with E-state index in [0.717, 1.165) is 16.7 Å². The molecule has 122 valence electrons. The Balaban J connectivity index is 1.84. The summed E-state index contributed by atoms with van der Waals surface area (Å²) in [7, 11) is 1.60. The fourth-order valence-corrected chi connectivity index (χ4v) is 3.04. The van der Waals surface area contributed by atoms with E-state index >= 15 is 0 Å². The van der Waals surface area contributed by atoms with Crippen LogP contribution >= 0.6 is 0 Å². The van der Waals surface area contributed by atoms with Crippen LogP contribution in [-0.4, -0.2) is 36.9 Å². The fraction of sp³-hybridized carbons (Fsp3) is 0.412. The molecule has 2 aromatic rings. The Hall–Kier alpha value is -2.50. The van der Waals surface area contributed by atoms with E-state index in [1.165, 1.54) is 0 Å². The largest absolute Gasteiger partial charge is 0.497 e. The maximum atomic E-state index is 12.7. The predicted octanol–water partition coefficient (Wildman–Crippen LogP) is 2.09. The second-order valence-corrected chi connectivity index (χ2v) is 5.89. The number of benzene rings is 1. The highest BCUT2D eigenvalue weighted by molar-refractivity contribution is 5.99. The normalized spacial score (nSPS) is 15.8. The van der Waals surface area contributed by atoms with Crippen LogP contribution in [-0.2, 0) is 4.79 Å². The zero-order valence-corrected chi connectivity index (χ0v) is 13.3. The molecule has 6 nitrogen and oxygen atoms in total. The molecule has 2 amide bonds. The van der Waals surface area contributed by atoms with Crippen LogP contribution in [0.4, 0.5) is 0 Å². The minimum absolute atomic E-state index is 0.138. The standard InChI is InChI=1S/C17H20N2O4/c1-10-13-9-12(22-2)3-4-14(13)23-15(10)17(21)19-7-5-11(6-8-19)16(18)20/h3-4,9,11H,5-8H2,1-2H3,(H2,18,20). The maximum absolute atomic E-state index is 12.7. The molecular weight excluding hydrogens is 296 g/mol. The summed E-state index contributed by atoms with van der Waals surface area (Å²) in [6.45, 7) is 2.91. The highest BCUT2D eigenvalue weighted by Crippen LogP contribution is 2.30. The number of rotatable bonds is 3. The molecule has 0 aliphatic carbocycles. The highest BCUT2D eigenvalue weighted by Gasteiger charge is 2.29. The first-order valence-electron chi connectivity index (χ1n) is 7.67. The minimum atomic E-state index is -0.288. The fourth-order valence-electron chi connectivity index (χ4n) is 3.04. The molecule has 1 aliphatic heterocycles. The lowest BCUT2D eigenvalue weighted by Gasteiger charge is -2.30. The zero-order valence-electron chi connectivity index (χ0n) is 13.3. The van der Waals surface area contributed by atoms with Crippen LogP contribution in [0.5, 0.6) is 5.75 Å². The van der Waals surface area contributed by atoms with Crippen molar-refractivity contribution in [2.75, 3.05) is 20.2 Å². The van der Waals surface area contributed by atoms with Gasteiger partial charge in [-0.3, -0.25) is 9.59 Å². The van der Waals surface area contributed by atoms with Crippen molar-refractivity contribution in [1.29, 1.82) is 0 Å². The summed E-state index contributed by atoms with van der Waals surface area (Å²) in [6, 6.07) is 5.47. The summed E-state index contributed by atoms with van der Waals surface area (Å²) in [6.07, 6.45) is 1.21. The molecule has 0 unspecified atom stereocenters. The Labute approximate surface area is 134 Å². The molecule has 0 bridgehead atoms. The highest BCUT2D eigenvalue weighted by atomic mass is 16.5. The number of nitrogens with two attached hydrogens (primary N) is 1. The van der Waals surface area contributed by atoms with Crippen LogP contribution in [0.1, 0.15) is 29.0 Å². The summed E-state index contributed by atoms with van der Waals surface area (Å²) < 4.78 is 11.0. The molecular formula is C17H20N2O4. The number of likely N-dealkylation sites (tertiary alicyclic amines) is 1. The van der Waals surface area contributed by atoms with Gasteiger partial charge in [-0.1, -0.05) is 0 Å². The first kappa shape index (κ1) is 15.4. The van der Waals surface area contributed by atoms with E-state index in [-0.39, 0.29) is 17.7 Å². The molecule has 23 heavy (non-hydrogen) atoms. The van der Waals surface area contributed by atoms with E-state index < -0.39 is 0 Å². The number of piperidine rings is 1. The predicted molar refractivity (Wildman–Crippen MR) is 85.3 cm³/mol. The van der Waals surface area contributed by atoms with E-state index in [2.05, 4.69) is 0 Å². The molecule has 1 aromatic heterocycles. The molecule has 1 fully saturated rings. The van der Waals surface area contributed by atoms with Gasteiger partial charge in [-0.05, 0) is 38.0 Å². The van der Waals surface area contributed by atoms with Crippen LogP contribution in [0.2, 0.25) is 0 Å². The number of fused-ring (bicyclic) bond motifs is 1. The number of amides is 2. The van der Waals surface area contributed by atoms with Gasteiger partial charge in [-0.2, -0.15) is 0 Å². The van der Waals surface area contributed by atoms with E-state index in [1.807, 2.05) is 13.0 Å². The summed E-state index contributed by atoms with van der Waals surface area (Å²) in [4.78, 5) is 25.7. The molecule has 2 N–H and O–H groups in total. The van der Waals surface area contributed by atoms with Crippen LogP contribution in [0.3, 0.4) is 0 Å². The van der Waals surface area contributed by atoms with Crippen LogP contribution in [0.15, 0.2) is 22.6 Å². The number of furan rings is 1. The summed E-state index contributed by atoms with van der Waals surface area (Å²) in [5.74, 6) is 0.512. The number of aryl methyl sites for hydroxylation is 1. The topological polar surface area (TPSA) is 85.8 Å². The third-order valence-corrected chi connectivity index (χ3v) is 4.52. The molecule has 1 saturated heterocycles. The smallest absolute Gasteiger partial charge is 0.289 e. The number of carbonyl (C=O) groups is 2. The molecule has 3 rings (SSSR count). The second-order valence-electron chi connectivity index (χ2n) is 5.89. The SMILES string of the molecule is COc1ccc2oc(C(=O)N3CCC(C(N)=O)CC3)c(C)c2c1. The lowest BCUT2D eigenvalue weighted by atomic mass is 9.96. The Bertz CT molecular complexity index is 757. The lowest BCUT2D eigenvalue weighted by Crippen LogP contribution is -2.41. The molecule has 0 radical (unpaired) electrons. The van der Waals surface area contributed by atoms with Crippen molar-refractivity contribution in [1.82, 2.24) is 4.90 Å². The second kappa shape index (κ2) is 5.95. The summed E-state index contributed by atoms with van der Waals surface area (Å²) in [5, 5.41) is 0.875. The van der Waals surface area contributed by atoms with Gasteiger partial charge in [0.25, 0.3) is 5.91 Å². The van der Waals surface area contributed by atoms with Gasteiger partial charge in [-0.15, -0.1) is 0 Å². The Kier molecular flexibility index (Phi) is 3.98. The third-order valence-electron chi connectivity index (χ3n) is 4.52. The van der Waals surface area contributed by atoms with E-state index in [9.17, 15) is 9.59 Å². The van der Waals surface area contributed by atoms with Crippen molar-refractivity contribution in [2.45, 2.75) is 19.8 Å². The number of carbonyl (C=O) groups excluding carboxylic acids is 2. The van der Waals surface area contributed by atoms with Gasteiger partial charge in [0.15, 0.2) is 5.76 Å². The number of methoxy groups -OCH3 is 1. The van der Waals surface area contributed by atoms with Crippen molar-refractivity contribution in [3.8, 4) is 5.75 Å². The van der Waals surface area contributed by atoms with Gasteiger partial charge in [-0.25, -0.2) is 0 Å². The minimum Gasteiger partial charge on any atom is -0.497 e. The van der Waals surface area contributed by atoms with Crippen molar-refractivity contribution in [3.05, 3.63) is 29.5 Å². The van der Waals surface area contributed by atoms with Crippen LogP contribution in [0.25, 0.3) is 11.0 Å². The molecule has 0 atom stereocenters. The Morgan fingerprint density at radius 3 is 2.61 bits per heavy atom. The van der Waals surface area contributed by atoms with Gasteiger partial charge in [0.2, 0.25) is 5.91 Å². The van der Waals surface area contributed by atoms with E-state index in [1.54, 1.807) is 24.1 Å². The molecule has 0 spiro atoms. The number of hydrogen-bond acceptors (Lipinski definition) is 4. The van der Waals surface area contributed by atoms with Gasteiger partial charge < -0.3 is 19.8 Å². The molecule has 1 aromatic carbocycles. The van der Waals surface area contributed by atoms with Gasteiger partial charge >= 0.3 is 0 Å². The first-order chi connectivity index (χ1) is 11.0. The maximum Gasteiger partial charge on any atom is 0.289 e. The lowest BCUT2D eigenvalue weighted by molar-refractivity contribution is -0.123. The Morgan fingerprint density at radius 2 is 2.00 bits per heavy atom. The molecule has 6 heteroatoms. The number of hydrogen-bond donors (Lipinski definition) is 1. The van der Waals surface area contributed by atoms with Crippen LogP contribution in [0, 0.1) is 12.8 Å². The molecule has 0 saturated carbocycles. The zero-order chi connectivity index (χ0) is 16.6. The van der Waals surface area contributed by atoms with E-state index in [4.69, 9.17) is 14.9 Å². The summed E-state index contributed by atoms with van der Waals surface area (Å²) >= 11 is 0. The van der Waals surface area contributed by atoms with Gasteiger partial charge in [0.05, 0.1) is 7.11 Å². The van der Waals surface area contributed by atoms with Crippen LogP contribution < -0.4 is 10.5 Å². The quantitative estimate of drug-likeness (QED) is 0.939. The van der Waals surface area contributed by atoms with Gasteiger partial charge in [0.1, 0.15) is 11.3 Å². The molecule has 1 aliphatic rings. The van der Waals surface area contributed by atoms with E-state index in [0.29, 0.717) is 37.3 Å². The van der Waals surface area contributed by atoms with Crippen molar-refractivity contribution < 1.29 is 18.7 Å². The Morgan fingerprint density at radius 1 is 1.30 bits per heavy atom. The number of ether oxygens (including phenoxy) is 1. The summed E-state index contributed by atoms with van der Waals surface area (Å²) in [5.41, 5.74) is 6.80.